The summed E-state index contributed by atoms with van der Waals surface area (Å²) in [7, 11) is 0. The molecule has 5 atom stereocenters. The number of amides is 4. The van der Waals surface area contributed by atoms with Gasteiger partial charge in [0.05, 0.1) is 12.5 Å². The summed E-state index contributed by atoms with van der Waals surface area (Å²) in [6.07, 6.45) is 0.128. The molecule has 0 bridgehead atoms. The molecule has 0 aromatic heterocycles. The number of carboxylic acid groups (broad SMARTS) is 2. The molecule has 0 heterocycles. The number of aliphatic carboxylic acids is 2. The molecule has 0 saturated heterocycles. The van der Waals surface area contributed by atoms with Crippen molar-refractivity contribution in [3.05, 3.63) is 35.9 Å². The highest BCUT2D eigenvalue weighted by atomic mass is 16.4. The largest absolute Gasteiger partial charge is 0.481 e. The fourth-order valence-corrected chi connectivity index (χ4v) is 3.82. The average Bonchev–Trinajstić information content (AvgIpc) is 2.88. The second kappa shape index (κ2) is 16.9. The van der Waals surface area contributed by atoms with E-state index in [1.807, 2.05) is 13.8 Å². The number of nitrogens with two attached hydrogens (primary N) is 1. The van der Waals surface area contributed by atoms with Crippen LogP contribution in [0.15, 0.2) is 30.3 Å². The average molecular weight is 564 g/mol. The minimum Gasteiger partial charge on any atom is -0.481 e. The first-order valence-electron chi connectivity index (χ1n) is 13.2. The number of carbonyl (C=O) groups excluding carboxylic acids is 4. The molecule has 0 aliphatic carbocycles. The molecule has 4 amide bonds. The van der Waals surface area contributed by atoms with Gasteiger partial charge in [0.25, 0.3) is 0 Å². The summed E-state index contributed by atoms with van der Waals surface area (Å²) in [4.78, 5) is 73.8. The second-order valence-electron chi connectivity index (χ2n) is 10.1. The predicted octanol–water partition coefficient (Wildman–Crippen LogP) is -0.221. The van der Waals surface area contributed by atoms with Crippen molar-refractivity contribution in [1.29, 1.82) is 0 Å². The zero-order chi connectivity index (χ0) is 30.4. The van der Waals surface area contributed by atoms with Gasteiger partial charge in [-0.1, -0.05) is 64.4 Å². The van der Waals surface area contributed by atoms with E-state index in [0.29, 0.717) is 12.0 Å². The van der Waals surface area contributed by atoms with Crippen LogP contribution in [0.2, 0.25) is 0 Å². The molecule has 13 nitrogen and oxygen atoms in total. The van der Waals surface area contributed by atoms with E-state index in [4.69, 9.17) is 15.9 Å². The first-order chi connectivity index (χ1) is 18.7. The Balaban J connectivity index is 3.21. The van der Waals surface area contributed by atoms with Crippen LogP contribution in [0.25, 0.3) is 0 Å². The highest BCUT2D eigenvalue weighted by molar-refractivity contribution is 5.95. The lowest BCUT2D eigenvalue weighted by molar-refractivity contribution is -0.140. The lowest BCUT2D eigenvalue weighted by Crippen LogP contribution is -2.59. The van der Waals surface area contributed by atoms with Crippen LogP contribution in [0, 0.1) is 11.8 Å². The smallest absolute Gasteiger partial charge is 0.322 e. The van der Waals surface area contributed by atoms with Gasteiger partial charge in [0.2, 0.25) is 23.6 Å². The first-order valence-corrected chi connectivity index (χ1v) is 13.2. The van der Waals surface area contributed by atoms with Gasteiger partial charge in [-0.15, -0.1) is 0 Å². The summed E-state index contributed by atoms with van der Waals surface area (Å²) in [6.45, 7) is 6.57. The van der Waals surface area contributed by atoms with Crippen LogP contribution >= 0.6 is 0 Å². The van der Waals surface area contributed by atoms with Crippen LogP contribution < -0.4 is 27.0 Å². The maximum Gasteiger partial charge on any atom is 0.322 e. The standard InChI is InChI=1S/C27H41N5O8/c1-5-16(4)23(32-24(37)18(28)13-21(33)34)27(40)31-20(12-17-9-7-6-8-10-17)26(39)30-19(11-15(2)3)25(38)29-14-22(35)36/h6-10,15-16,18-20,23H,5,11-14,28H2,1-4H3,(H,29,38)(H,30,39)(H,31,40)(H,32,37)(H,33,34)(H,35,36)/t16-,18-,19-,20-,23-/m0/s1. The number of nitrogens with one attached hydrogen (secondary N) is 4. The minimum absolute atomic E-state index is 0.0250. The molecule has 0 saturated carbocycles. The van der Waals surface area contributed by atoms with E-state index in [1.165, 1.54) is 0 Å². The molecular weight excluding hydrogens is 522 g/mol. The highest BCUT2D eigenvalue weighted by Crippen LogP contribution is 2.12. The highest BCUT2D eigenvalue weighted by Gasteiger charge is 2.33. The van der Waals surface area contributed by atoms with Gasteiger partial charge >= 0.3 is 11.9 Å². The van der Waals surface area contributed by atoms with Crippen molar-refractivity contribution < 1.29 is 39.0 Å². The Hall–Kier alpha value is -4.00. The van der Waals surface area contributed by atoms with Crippen molar-refractivity contribution in [2.75, 3.05) is 6.54 Å². The fraction of sp³-hybridized carbons (Fsp3) is 0.556. The van der Waals surface area contributed by atoms with Gasteiger partial charge in [0, 0.05) is 6.42 Å². The summed E-state index contributed by atoms with van der Waals surface area (Å²) in [5, 5.41) is 27.9. The molecule has 0 fully saturated rings. The van der Waals surface area contributed by atoms with Crippen molar-refractivity contribution in [3.8, 4) is 0 Å². The van der Waals surface area contributed by atoms with Gasteiger partial charge in [-0.2, -0.15) is 0 Å². The van der Waals surface area contributed by atoms with Gasteiger partial charge in [0.15, 0.2) is 0 Å². The maximum atomic E-state index is 13.4. The van der Waals surface area contributed by atoms with Gasteiger partial charge in [-0.25, -0.2) is 0 Å². The molecule has 8 N–H and O–H groups in total. The summed E-state index contributed by atoms with van der Waals surface area (Å²) in [5.74, 6) is -5.78. The van der Waals surface area contributed by atoms with Gasteiger partial charge < -0.3 is 37.2 Å². The number of benzene rings is 1. The molecule has 0 radical (unpaired) electrons. The summed E-state index contributed by atoms with van der Waals surface area (Å²) >= 11 is 0. The quantitative estimate of drug-likeness (QED) is 0.133. The Morgan fingerprint density at radius 1 is 0.800 bits per heavy atom. The number of rotatable bonds is 17. The summed E-state index contributed by atoms with van der Waals surface area (Å²) in [6, 6.07) is 4.13. The molecule has 0 aliphatic heterocycles. The third-order valence-corrected chi connectivity index (χ3v) is 6.19. The normalized spacial score (nSPS) is 14.7. The molecule has 222 valence electrons. The van der Waals surface area contributed by atoms with Crippen LogP contribution in [-0.4, -0.2) is 76.5 Å². The van der Waals surface area contributed by atoms with Crippen LogP contribution in [0.3, 0.4) is 0 Å². The Kier molecular flexibility index (Phi) is 14.3. The third kappa shape index (κ3) is 12.2. The van der Waals surface area contributed by atoms with Crippen LogP contribution in [0.4, 0.5) is 0 Å². The van der Waals surface area contributed by atoms with Gasteiger partial charge in [-0.05, 0) is 23.8 Å². The lowest BCUT2D eigenvalue weighted by atomic mass is 9.96. The zero-order valence-corrected chi connectivity index (χ0v) is 23.3. The van der Waals surface area contributed by atoms with Crippen molar-refractivity contribution in [1.82, 2.24) is 21.3 Å². The second-order valence-corrected chi connectivity index (χ2v) is 10.1. The molecule has 13 heteroatoms. The van der Waals surface area contributed by atoms with E-state index in [9.17, 15) is 28.8 Å². The van der Waals surface area contributed by atoms with E-state index in [-0.39, 0.29) is 18.8 Å². The molecule has 1 aromatic carbocycles. The van der Waals surface area contributed by atoms with Gasteiger partial charge in [-0.3, -0.25) is 28.8 Å². The van der Waals surface area contributed by atoms with E-state index < -0.39 is 78.6 Å². The van der Waals surface area contributed by atoms with Crippen molar-refractivity contribution >= 4 is 35.6 Å². The maximum absolute atomic E-state index is 13.4. The van der Waals surface area contributed by atoms with Crippen LogP contribution in [0.1, 0.15) is 52.5 Å². The van der Waals surface area contributed by atoms with E-state index in [2.05, 4.69) is 21.3 Å². The van der Waals surface area contributed by atoms with Crippen LogP contribution in [-0.2, 0) is 35.2 Å². The molecule has 0 spiro atoms. The Labute approximate surface area is 233 Å². The third-order valence-electron chi connectivity index (χ3n) is 6.19. The first kappa shape index (κ1) is 34.0. The Morgan fingerprint density at radius 2 is 1.40 bits per heavy atom. The summed E-state index contributed by atoms with van der Waals surface area (Å²) < 4.78 is 0. The Bertz CT molecular complexity index is 1030. The predicted molar refractivity (Wildman–Crippen MR) is 146 cm³/mol. The van der Waals surface area contributed by atoms with Crippen LogP contribution in [0.5, 0.6) is 0 Å². The minimum atomic E-state index is -1.37. The molecule has 40 heavy (non-hydrogen) atoms. The topological polar surface area (TPSA) is 217 Å². The van der Waals surface area contributed by atoms with Crippen molar-refractivity contribution in [2.45, 2.75) is 77.5 Å². The molecule has 0 unspecified atom stereocenters. The lowest BCUT2D eigenvalue weighted by Gasteiger charge is -2.28. The molecule has 1 aromatic rings. The molecule has 1 rings (SSSR count). The zero-order valence-electron chi connectivity index (χ0n) is 23.3. The SMILES string of the molecule is CC[C@H](C)[C@H](NC(=O)[C@@H](N)CC(=O)O)C(=O)N[C@@H](Cc1ccccc1)C(=O)N[C@@H](CC(C)C)C(=O)NCC(=O)O. The van der Waals surface area contributed by atoms with Crippen molar-refractivity contribution in [3.63, 3.8) is 0 Å². The Morgan fingerprint density at radius 3 is 1.93 bits per heavy atom. The van der Waals surface area contributed by atoms with Gasteiger partial charge in [0.1, 0.15) is 24.7 Å². The molecular formula is C27H41N5O8. The monoisotopic (exact) mass is 563 g/mol. The summed E-state index contributed by atoms with van der Waals surface area (Å²) in [5.41, 5.74) is 6.38. The number of carbonyl (C=O) groups is 6. The number of carboxylic acids is 2. The number of hydrogen-bond acceptors (Lipinski definition) is 7. The van der Waals surface area contributed by atoms with Crippen molar-refractivity contribution in [2.24, 2.45) is 17.6 Å². The fourth-order valence-electron chi connectivity index (χ4n) is 3.82. The van der Waals surface area contributed by atoms with E-state index in [1.54, 1.807) is 44.2 Å². The van der Waals surface area contributed by atoms with E-state index >= 15 is 0 Å². The van der Waals surface area contributed by atoms with E-state index in [0.717, 1.165) is 0 Å². The molecule has 0 aliphatic rings. The number of hydrogen-bond donors (Lipinski definition) is 7.